The summed E-state index contributed by atoms with van der Waals surface area (Å²) in [6.45, 7) is 2.84. The van der Waals surface area contributed by atoms with Gasteiger partial charge in [0.1, 0.15) is 11.3 Å². The van der Waals surface area contributed by atoms with Crippen molar-refractivity contribution >= 4 is 55.8 Å². The molecule has 0 unspecified atom stereocenters. The molecule has 0 spiro atoms. The Kier molecular flexibility index (Phi) is 6.35. The lowest BCUT2D eigenvalue weighted by Crippen LogP contribution is -2.11. The van der Waals surface area contributed by atoms with Gasteiger partial charge in [-0.15, -0.1) is 0 Å². The quantitative estimate of drug-likeness (QED) is 0.458. The first-order chi connectivity index (χ1) is 12.6. The van der Waals surface area contributed by atoms with Crippen molar-refractivity contribution in [3.63, 3.8) is 0 Å². The summed E-state index contributed by atoms with van der Waals surface area (Å²) in [5.41, 5.74) is 1.13. The van der Waals surface area contributed by atoms with Crippen molar-refractivity contribution in [2.45, 2.75) is 26.2 Å². The number of amides is 1. The van der Waals surface area contributed by atoms with E-state index in [2.05, 4.69) is 17.2 Å². The van der Waals surface area contributed by atoms with Crippen molar-refractivity contribution in [1.82, 2.24) is 4.98 Å². The zero-order valence-corrected chi connectivity index (χ0v) is 16.5. The summed E-state index contributed by atoms with van der Waals surface area (Å²) in [4.78, 5) is 16.8. The van der Waals surface area contributed by atoms with E-state index in [-0.39, 0.29) is 5.91 Å². The number of carbonyl (C=O) groups excluding carboxylic acids is 1. The smallest absolute Gasteiger partial charge is 0.257 e. The Morgan fingerprint density at radius 2 is 1.92 bits per heavy atom. The van der Waals surface area contributed by atoms with Crippen molar-refractivity contribution < 1.29 is 9.53 Å². The van der Waals surface area contributed by atoms with Gasteiger partial charge in [0, 0.05) is 5.56 Å². The highest BCUT2D eigenvalue weighted by Gasteiger charge is 2.13. The van der Waals surface area contributed by atoms with E-state index in [4.69, 9.17) is 27.9 Å². The standard InChI is InChI=1S/C19H18Cl2N2O2S/c1-2-3-4-11-25-13-7-5-12(6-8-13)18(24)23-19-22-17-15(26-19)10-9-14(20)16(17)21/h5-10H,2-4,11H2,1H3,(H,22,23,24). The Bertz CT molecular complexity index is 910. The third kappa shape index (κ3) is 4.47. The molecule has 4 nitrogen and oxygen atoms in total. The molecule has 0 radical (unpaired) electrons. The Morgan fingerprint density at radius 3 is 2.65 bits per heavy atom. The number of rotatable bonds is 7. The zero-order chi connectivity index (χ0) is 18.5. The average molecular weight is 409 g/mol. The highest BCUT2D eigenvalue weighted by molar-refractivity contribution is 7.22. The minimum absolute atomic E-state index is 0.233. The van der Waals surface area contributed by atoms with Crippen LogP contribution in [-0.2, 0) is 0 Å². The Morgan fingerprint density at radius 1 is 1.15 bits per heavy atom. The lowest BCUT2D eigenvalue weighted by atomic mass is 10.2. The fourth-order valence-corrected chi connectivity index (χ4v) is 3.69. The summed E-state index contributed by atoms with van der Waals surface area (Å²) in [7, 11) is 0. The molecule has 136 valence electrons. The van der Waals surface area contributed by atoms with Crippen LogP contribution in [0.2, 0.25) is 10.0 Å². The van der Waals surface area contributed by atoms with E-state index in [1.165, 1.54) is 11.3 Å². The molecule has 7 heteroatoms. The molecule has 0 fully saturated rings. The fourth-order valence-electron chi connectivity index (χ4n) is 2.40. The van der Waals surface area contributed by atoms with Crippen molar-refractivity contribution in [1.29, 1.82) is 0 Å². The fraction of sp³-hybridized carbons (Fsp3) is 0.263. The molecule has 0 aliphatic rings. The molecule has 0 bridgehead atoms. The van der Waals surface area contributed by atoms with Crippen LogP contribution in [0.5, 0.6) is 5.75 Å². The molecule has 0 atom stereocenters. The molecule has 0 saturated carbocycles. The molecule has 3 rings (SSSR count). The second-order valence-electron chi connectivity index (χ2n) is 5.76. The molecule has 1 heterocycles. The van der Waals surface area contributed by atoms with Gasteiger partial charge in [0.2, 0.25) is 0 Å². The average Bonchev–Trinajstić information content (AvgIpc) is 3.06. The lowest BCUT2D eigenvalue weighted by molar-refractivity contribution is 0.102. The number of halogens is 2. The minimum atomic E-state index is -0.233. The van der Waals surface area contributed by atoms with Gasteiger partial charge in [-0.05, 0) is 42.8 Å². The second-order valence-corrected chi connectivity index (χ2v) is 7.58. The molecular formula is C19H18Cl2N2O2S. The van der Waals surface area contributed by atoms with Crippen molar-refractivity contribution in [2.75, 3.05) is 11.9 Å². The maximum atomic E-state index is 12.4. The predicted molar refractivity (Wildman–Crippen MR) is 109 cm³/mol. The molecule has 0 aliphatic carbocycles. The first-order valence-electron chi connectivity index (χ1n) is 8.37. The van der Waals surface area contributed by atoms with Gasteiger partial charge in [0.15, 0.2) is 5.13 Å². The van der Waals surface area contributed by atoms with Gasteiger partial charge in [-0.1, -0.05) is 54.3 Å². The van der Waals surface area contributed by atoms with Crippen LogP contribution in [0.3, 0.4) is 0 Å². The summed E-state index contributed by atoms with van der Waals surface area (Å²) < 4.78 is 6.52. The monoisotopic (exact) mass is 408 g/mol. The molecular weight excluding hydrogens is 391 g/mol. The van der Waals surface area contributed by atoms with Crippen LogP contribution in [0.4, 0.5) is 5.13 Å². The predicted octanol–water partition coefficient (Wildman–Crippen LogP) is 6.42. The molecule has 1 aromatic heterocycles. The first kappa shape index (κ1) is 19.0. The number of hydrogen-bond acceptors (Lipinski definition) is 4. The summed E-state index contributed by atoms with van der Waals surface area (Å²) in [6, 6.07) is 10.6. The zero-order valence-electron chi connectivity index (χ0n) is 14.2. The molecule has 1 N–H and O–H groups in total. The molecule has 0 saturated heterocycles. The summed E-state index contributed by atoms with van der Waals surface area (Å²) in [6.07, 6.45) is 3.34. The van der Waals surface area contributed by atoms with Crippen LogP contribution in [0, 0.1) is 0 Å². The Hall–Kier alpha value is -1.82. The van der Waals surface area contributed by atoms with Gasteiger partial charge in [-0.2, -0.15) is 0 Å². The van der Waals surface area contributed by atoms with Crippen LogP contribution >= 0.6 is 34.5 Å². The van der Waals surface area contributed by atoms with Crippen LogP contribution in [0.15, 0.2) is 36.4 Å². The van der Waals surface area contributed by atoms with Gasteiger partial charge >= 0.3 is 0 Å². The van der Waals surface area contributed by atoms with Crippen LogP contribution < -0.4 is 10.1 Å². The van der Waals surface area contributed by atoms with E-state index >= 15 is 0 Å². The third-order valence-corrected chi connectivity index (χ3v) is 5.54. The number of thiazole rings is 1. The van der Waals surface area contributed by atoms with Crippen LogP contribution in [0.1, 0.15) is 36.5 Å². The number of nitrogens with one attached hydrogen (secondary N) is 1. The van der Waals surface area contributed by atoms with Gasteiger partial charge in [-0.25, -0.2) is 4.98 Å². The maximum absolute atomic E-state index is 12.4. The summed E-state index contributed by atoms with van der Waals surface area (Å²) >= 11 is 13.5. The van der Waals surface area contributed by atoms with E-state index in [9.17, 15) is 4.79 Å². The number of hydrogen-bond donors (Lipinski definition) is 1. The number of carbonyl (C=O) groups is 1. The number of unbranched alkanes of at least 4 members (excludes halogenated alkanes) is 2. The molecule has 3 aromatic rings. The Labute approximate surface area is 166 Å². The second kappa shape index (κ2) is 8.71. The number of ether oxygens (including phenoxy) is 1. The van der Waals surface area contributed by atoms with Gasteiger partial charge in [0.25, 0.3) is 5.91 Å². The molecule has 26 heavy (non-hydrogen) atoms. The number of benzene rings is 2. The van der Waals surface area contributed by atoms with E-state index in [1.54, 1.807) is 30.3 Å². The van der Waals surface area contributed by atoms with E-state index in [0.717, 1.165) is 29.7 Å². The number of anilines is 1. The van der Waals surface area contributed by atoms with Crippen molar-refractivity contribution in [3.8, 4) is 5.75 Å². The third-order valence-electron chi connectivity index (χ3n) is 3.81. The number of nitrogens with zero attached hydrogens (tertiary/aromatic N) is 1. The number of fused-ring (bicyclic) bond motifs is 1. The van der Waals surface area contributed by atoms with Crippen LogP contribution in [-0.4, -0.2) is 17.5 Å². The Balaban J connectivity index is 1.65. The molecule has 1 amide bonds. The largest absolute Gasteiger partial charge is 0.494 e. The molecule has 0 aliphatic heterocycles. The highest BCUT2D eigenvalue weighted by atomic mass is 35.5. The van der Waals surface area contributed by atoms with Gasteiger partial charge in [0.05, 0.1) is 21.4 Å². The van der Waals surface area contributed by atoms with E-state index in [1.807, 2.05) is 6.07 Å². The number of aromatic nitrogens is 1. The lowest BCUT2D eigenvalue weighted by Gasteiger charge is -2.06. The topological polar surface area (TPSA) is 51.2 Å². The maximum Gasteiger partial charge on any atom is 0.257 e. The minimum Gasteiger partial charge on any atom is -0.494 e. The van der Waals surface area contributed by atoms with Gasteiger partial charge < -0.3 is 4.74 Å². The summed E-state index contributed by atoms with van der Waals surface area (Å²) in [5, 5.41) is 4.12. The SMILES string of the molecule is CCCCCOc1ccc(C(=O)Nc2nc3c(Cl)c(Cl)ccc3s2)cc1. The highest BCUT2D eigenvalue weighted by Crippen LogP contribution is 2.35. The first-order valence-corrected chi connectivity index (χ1v) is 9.94. The van der Waals surface area contributed by atoms with E-state index in [0.29, 0.717) is 32.9 Å². The van der Waals surface area contributed by atoms with Crippen molar-refractivity contribution in [3.05, 3.63) is 52.0 Å². The van der Waals surface area contributed by atoms with Crippen molar-refractivity contribution in [2.24, 2.45) is 0 Å². The normalized spacial score (nSPS) is 10.9. The van der Waals surface area contributed by atoms with E-state index < -0.39 is 0 Å². The van der Waals surface area contributed by atoms with Crippen LogP contribution in [0.25, 0.3) is 10.2 Å². The summed E-state index contributed by atoms with van der Waals surface area (Å²) in [5.74, 6) is 0.530. The van der Waals surface area contributed by atoms with Gasteiger partial charge in [-0.3, -0.25) is 10.1 Å². The molecule has 2 aromatic carbocycles.